The van der Waals surface area contributed by atoms with Crippen molar-refractivity contribution >= 4 is 5.97 Å². The van der Waals surface area contributed by atoms with Crippen molar-refractivity contribution in [2.75, 3.05) is 6.61 Å². The molecule has 1 rings (SSSR count). The maximum absolute atomic E-state index is 11.6. The molecule has 0 aliphatic carbocycles. The van der Waals surface area contributed by atoms with Crippen molar-refractivity contribution in [3.05, 3.63) is 0 Å². The van der Waals surface area contributed by atoms with E-state index in [-0.39, 0.29) is 6.61 Å². The zero-order chi connectivity index (χ0) is 17.2. The predicted molar refractivity (Wildman–Crippen MR) is 82.5 cm³/mol. The summed E-state index contributed by atoms with van der Waals surface area (Å²) in [4.78, 5) is 11.6. The van der Waals surface area contributed by atoms with Crippen LogP contribution in [0.3, 0.4) is 0 Å². The molecule has 0 aromatic rings. The van der Waals surface area contributed by atoms with Crippen LogP contribution >= 0.6 is 0 Å². The molecule has 7 nitrogen and oxygen atoms in total. The van der Waals surface area contributed by atoms with Crippen LogP contribution in [0.15, 0.2) is 0 Å². The lowest BCUT2D eigenvalue weighted by atomic mass is 9.99. The highest BCUT2D eigenvalue weighted by Crippen LogP contribution is 2.20. The molecule has 1 saturated heterocycles. The summed E-state index contributed by atoms with van der Waals surface area (Å²) in [7, 11) is 0. The Morgan fingerprint density at radius 2 is 1.52 bits per heavy atom. The first-order valence-corrected chi connectivity index (χ1v) is 8.50. The minimum absolute atomic E-state index is 0.267. The van der Waals surface area contributed by atoms with Crippen molar-refractivity contribution in [2.24, 2.45) is 0 Å². The number of hydrogen-bond acceptors (Lipinski definition) is 7. The molecule has 1 heterocycles. The van der Waals surface area contributed by atoms with Gasteiger partial charge in [-0.3, -0.25) is 4.79 Å². The Balaban J connectivity index is 2.13. The lowest BCUT2D eigenvalue weighted by Crippen LogP contribution is -2.58. The van der Waals surface area contributed by atoms with E-state index in [1.165, 1.54) is 25.7 Å². The van der Waals surface area contributed by atoms with Crippen molar-refractivity contribution in [3.63, 3.8) is 0 Å². The largest absolute Gasteiger partial charge is 0.463 e. The molecule has 0 amide bonds. The van der Waals surface area contributed by atoms with Gasteiger partial charge in [-0.15, -0.1) is 0 Å². The molecule has 0 radical (unpaired) electrons. The van der Waals surface area contributed by atoms with E-state index in [2.05, 4.69) is 6.92 Å². The highest BCUT2D eigenvalue weighted by Gasteiger charge is 2.43. The van der Waals surface area contributed by atoms with Crippen LogP contribution in [0, 0.1) is 0 Å². The van der Waals surface area contributed by atoms with Crippen molar-refractivity contribution in [3.8, 4) is 0 Å². The SMILES string of the molecule is CCCCCCCCCC(=O)OC[C@H]1O[C@@H](O)[C@@H](O)[C@H](O)[C@@H]1O. The Morgan fingerprint density at radius 1 is 0.913 bits per heavy atom. The molecule has 7 heteroatoms. The highest BCUT2D eigenvalue weighted by molar-refractivity contribution is 5.69. The van der Waals surface area contributed by atoms with Crippen LogP contribution < -0.4 is 0 Å². The third kappa shape index (κ3) is 7.14. The van der Waals surface area contributed by atoms with E-state index in [1.54, 1.807) is 0 Å². The number of aliphatic hydroxyl groups is 4. The number of ether oxygens (including phenoxy) is 2. The quantitative estimate of drug-likeness (QED) is 0.339. The zero-order valence-corrected chi connectivity index (χ0v) is 13.8. The second-order valence-corrected chi connectivity index (χ2v) is 6.09. The molecular weight excluding hydrogens is 304 g/mol. The molecule has 23 heavy (non-hydrogen) atoms. The molecule has 0 aromatic heterocycles. The number of aliphatic hydroxyl groups excluding tert-OH is 4. The molecule has 1 aliphatic heterocycles. The molecule has 136 valence electrons. The van der Waals surface area contributed by atoms with E-state index in [9.17, 15) is 25.2 Å². The van der Waals surface area contributed by atoms with Crippen molar-refractivity contribution in [1.82, 2.24) is 0 Å². The molecule has 1 fully saturated rings. The number of hydrogen-bond donors (Lipinski definition) is 4. The summed E-state index contributed by atoms with van der Waals surface area (Å²) in [6.45, 7) is 1.90. The molecular formula is C16H30O7. The second-order valence-electron chi connectivity index (χ2n) is 6.09. The molecule has 0 bridgehead atoms. The van der Waals surface area contributed by atoms with Gasteiger partial charge in [-0.05, 0) is 6.42 Å². The van der Waals surface area contributed by atoms with Crippen LogP contribution in [0.1, 0.15) is 58.3 Å². The zero-order valence-electron chi connectivity index (χ0n) is 13.8. The van der Waals surface area contributed by atoms with Gasteiger partial charge in [-0.2, -0.15) is 0 Å². The van der Waals surface area contributed by atoms with Gasteiger partial charge < -0.3 is 29.9 Å². The summed E-state index contributed by atoms with van der Waals surface area (Å²) in [6, 6.07) is 0. The van der Waals surface area contributed by atoms with E-state index in [0.717, 1.165) is 19.3 Å². The minimum atomic E-state index is -1.61. The monoisotopic (exact) mass is 334 g/mol. The highest BCUT2D eigenvalue weighted by atomic mass is 16.6. The summed E-state index contributed by atoms with van der Waals surface area (Å²) in [5.41, 5.74) is 0. The van der Waals surface area contributed by atoms with Gasteiger partial charge in [0.25, 0.3) is 0 Å². The number of carbonyl (C=O) groups is 1. The Labute approximate surface area is 137 Å². The van der Waals surface area contributed by atoms with Gasteiger partial charge in [0.2, 0.25) is 0 Å². The standard InChI is InChI=1S/C16H30O7/c1-2-3-4-5-6-7-8-9-12(17)22-10-11-13(18)14(19)15(20)16(21)23-11/h11,13-16,18-21H,2-10H2,1H3/t11-,13-,14-,15+,16-/m1/s1. The predicted octanol–water partition coefficient (Wildman–Crippen LogP) is 0.470. The number of carbonyl (C=O) groups excluding carboxylic acids is 1. The topological polar surface area (TPSA) is 116 Å². The van der Waals surface area contributed by atoms with E-state index in [0.29, 0.717) is 6.42 Å². The van der Waals surface area contributed by atoms with Crippen molar-refractivity contribution < 1.29 is 34.7 Å². The minimum Gasteiger partial charge on any atom is -0.463 e. The smallest absolute Gasteiger partial charge is 0.305 e. The van der Waals surface area contributed by atoms with Gasteiger partial charge in [0.15, 0.2) is 6.29 Å². The van der Waals surface area contributed by atoms with Crippen LogP contribution in [0.4, 0.5) is 0 Å². The number of rotatable bonds is 10. The third-order valence-corrected chi connectivity index (χ3v) is 4.08. The maximum atomic E-state index is 11.6. The fourth-order valence-corrected chi connectivity index (χ4v) is 2.54. The van der Waals surface area contributed by atoms with Gasteiger partial charge in [0, 0.05) is 6.42 Å². The maximum Gasteiger partial charge on any atom is 0.305 e. The molecule has 0 spiro atoms. The number of esters is 1. The molecule has 0 unspecified atom stereocenters. The van der Waals surface area contributed by atoms with Crippen LogP contribution in [-0.4, -0.2) is 63.7 Å². The van der Waals surface area contributed by atoms with Crippen LogP contribution in [-0.2, 0) is 14.3 Å². The number of unbranched alkanes of at least 4 members (excludes halogenated alkanes) is 6. The first-order chi connectivity index (χ1) is 11.0. The van der Waals surface area contributed by atoms with Crippen molar-refractivity contribution in [2.45, 2.75) is 89.0 Å². The van der Waals surface area contributed by atoms with E-state index < -0.39 is 36.7 Å². The summed E-state index contributed by atoms with van der Waals surface area (Å²) in [5.74, 6) is -0.399. The van der Waals surface area contributed by atoms with Gasteiger partial charge in [-0.25, -0.2) is 0 Å². The average Bonchev–Trinajstić information content (AvgIpc) is 2.54. The third-order valence-electron chi connectivity index (χ3n) is 4.08. The van der Waals surface area contributed by atoms with E-state index in [1.807, 2.05) is 0 Å². The fraction of sp³-hybridized carbons (Fsp3) is 0.938. The summed E-state index contributed by atoms with van der Waals surface area (Å²) >= 11 is 0. The lowest BCUT2D eigenvalue weighted by molar-refractivity contribution is -0.287. The van der Waals surface area contributed by atoms with E-state index in [4.69, 9.17) is 9.47 Å². The van der Waals surface area contributed by atoms with Gasteiger partial charge in [-0.1, -0.05) is 45.4 Å². The van der Waals surface area contributed by atoms with Gasteiger partial charge in [0.1, 0.15) is 31.0 Å². The summed E-state index contributed by atoms with van der Waals surface area (Å²) < 4.78 is 9.93. The Morgan fingerprint density at radius 3 is 2.17 bits per heavy atom. The van der Waals surface area contributed by atoms with Gasteiger partial charge >= 0.3 is 5.97 Å². The normalized spacial score (nSPS) is 31.1. The van der Waals surface area contributed by atoms with Crippen LogP contribution in [0.25, 0.3) is 0 Å². The molecule has 0 saturated carbocycles. The second kappa shape index (κ2) is 10.9. The average molecular weight is 334 g/mol. The van der Waals surface area contributed by atoms with Crippen molar-refractivity contribution in [1.29, 1.82) is 0 Å². The lowest BCUT2D eigenvalue weighted by Gasteiger charge is -2.37. The van der Waals surface area contributed by atoms with Gasteiger partial charge in [0.05, 0.1) is 0 Å². The summed E-state index contributed by atoms with van der Waals surface area (Å²) in [6.07, 6.45) is 0.806. The molecule has 1 aliphatic rings. The van der Waals surface area contributed by atoms with E-state index >= 15 is 0 Å². The summed E-state index contributed by atoms with van der Waals surface area (Å²) in [5, 5.41) is 38.0. The van der Waals surface area contributed by atoms with Crippen LogP contribution in [0.5, 0.6) is 0 Å². The first kappa shape index (κ1) is 20.3. The molecule has 0 aromatic carbocycles. The first-order valence-electron chi connectivity index (χ1n) is 8.50. The Kier molecular flexibility index (Phi) is 9.66. The molecule has 4 N–H and O–H groups in total. The van der Waals surface area contributed by atoms with Crippen LogP contribution in [0.2, 0.25) is 0 Å². The Hall–Kier alpha value is -0.730. The Bertz CT molecular complexity index is 336. The fourth-order valence-electron chi connectivity index (χ4n) is 2.54. The molecule has 5 atom stereocenters.